The van der Waals surface area contributed by atoms with Crippen LogP contribution in [0, 0.1) is 0 Å². The van der Waals surface area contributed by atoms with Gasteiger partial charge in [0.25, 0.3) is 0 Å². The highest BCUT2D eigenvalue weighted by atomic mass is 32.1. The SMILES string of the molecule is O=C(O)CN(C(=O)C1CCCc2sccc21)C1CCCC1. The van der Waals surface area contributed by atoms with E-state index in [-0.39, 0.29) is 24.4 Å². The number of amides is 1. The number of hydrogen-bond donors (Lipinski definition) is 1. The Kier molecular flexibility index (Phi) is 4.29. The van der Waals surface area contributed by atoms with E-state index >= 15 is 0 Å². The molecule has 5 heteroatoms. The normalized spacial score (nSPS) is 22.0. The van der Waals surface area contributed by atoms with Gasteiger partial charge in [0.15, 0.2) is 0 Å². The topological polar surface area (TPSA) is 57.6 Å². The van der Waals surface area contributed by atoms with E-state index < -0.39 is 5.97 Å². The Hall–Kier alpha value is -1.36. The number of thiophene rings is 1. The number of aliphatic carboxylic acids is 1. The lowest BCUT2D eigenvalue weighted by molar-refractivity contribution is -0.147. The lowest BCUT2D eigenvalue weighted by Gasteiger charge is -2.32. The molecule has 1 heterocycles. The number of carboxylic acids is 1. The maximum atomic E-state index is 12.9. The maximum Gasteiger partial charge on any atom is 0.323 e. The first-order valence-corrected chi connectivity index (χ1v) is 8.63. The highest BCUT2D eigenvalue weighted by Gasteiger charge is 2.35. The van der Waals surface area contributed by atoms with E-state index in [1.165, 1.54) is 4.88 Å². The van der Waals surface area contributed by atoms with E-state index in [0.29, 0.717) is 0 Å². The number of fused-ring (bicyclic) bond motifs is 1. The molecule has 21 heavy (non-hydrogen) atoms. The van der Waals surface area contributed by atoms with E-state index in [0.717, 1.165) is 50.5 Å². The molecular formula is C16H21NO3S. The summed E-state index contributed by atoms with van der Waals surface area (Å²) in [6.45, 7) is -0.153. The number of hydrogen-bond acceptors (Lipinski definition) is 3. The van der Waals surface area contributed by atoms with Crippen LogP contribution in [0.25, 0.3) is 0 Å². The highest BCUT2D eigenvalue weighted by molar-refractivity contribution is 7.10. The van der Waals surface area contributed by atoms with Gasteiger partial charge in [-0.05, 0) is 49.1 Å². The van der Waals surface area contributed by atoms with Gasteiger partial charge in [-0.25, -0.2) is 0 Å². The summed E-state index contributed by atoms with van der Waals surface area (Å²) in [6, 6.07) is 2.17. The van der Waals surface area contributed by atoms with E-state index in [1.54, 1.807) is 16.2 Å². The van der Waals surface area contributed by atoms with Crippen LogP contribution in [0.1, 0.15) is 54.9 Å². The number of carboxylic acid groups (broad SMARTS) is 1. The van der Waals surface area contributed by atoms with Crippen molar-refractivity contribution in [2.24, 2.45) is 0 Å². The van der Waals surface area contributed by atoms with Crippen LogP contribution in [0.5, 0.6) is 0 Å². The average molecular weight is 307 g/mol. The summed E-state index contributed by atoms with van der Waals surface area (Å²) in [7, 11) is 0. The number of rotatable bonds is 4. The molecule has 0 aromatic carbocycles. The van der Waals surface area contributed by atoms with Crippen LogP contribution >= 0.6 is 11.3 Å². The van der Waals surface area contributed by atoms with Crippen molar-refractivity contribution in [3.8, 4) is 0 Å². The fraction of sp³-hybridized carbons (Fsp3) is 0.625. The van der Waals surface area contributed by atoms with Gasteiger partial charge >= 0.3 is 5.97 Å². The Morgan fingerprint density at radius 2 is 2.00 bits per heavy atom. The summed E-state index contributed by atoms with van der Waals surface area (Å²) in [6.07, 6.45) is 7.02. The first-order valence-electron chi connectivity index (χ1n) is 7.75. The predicted molar refractivity (Wildman–Crippen MR) is 81.6 cm³/mol. The molecule has 1 unspecified atom stereocenters. The summed E-state index contributed by atoms with van der Waals surface area (Å²) in [4.78, 5) is 27.1. The van der Waals surface area contributed by atoms with Gasteiger partial charge in [0.1, 0.15) is 6.54 Å². The Morgan fingerprint density at radius 1 is 1.24 bits per heavy atom. The van der Waals surface area contributed by atoms with Gasteiger partial charge in [-0.15, -0.1) is 11.3 Å². The van der Waals surface area contributed by atoms with Crippen LogP contribution in [0.2, 0.25) is 0 Å². The van der Waals surface area contributed by atoms with E-state index in [9.17, 15) is 9.59 Å². The maximum absolute atomic E-state index is 12.9. The Morgan fingerprint density at radius 3 is 2.71 bits per heavy atom. The molecule has 0 saturated heterocycles. The van der Waals surface area contributed by atoms with Gasteiger partial charge in [-0.3, -0.25) is 9.59 Å². The molecule has 1 fully saturated rings. The van der Waals surface area contributed by atoms with Crippen LogP contribution in [-0.2, 0) is 16.0 Å². The van der Waals surface area contributed by atoms with Crippen molar-refractivity contribution >= 4 is 23.2 Å². The molecule has 2 aliphatic carbocycles. The Labute approximate surface area is 128 Å². The van der Waals surface area contributed by atoms with Crippen molar-refractivity contribution in [1.29, 1.82) is 0 Å². The van der Waals surface area contributed by atoms with Crippen molar-refractivity contribution in [2.45, 2.75) is 56.9 Å². The lowest BCUT2D eigenvalue weighted by atomic mass is 9.86. The predicted octanol–water partition coefficient (Wildman–Crippen LogP) is 3.02. The largest absolute Gasteiger partial charge is 0.480 e. The van der Waals surface area contributed by atoms with Gasteiger partial charge in [-0.2, -0.15) is 0 Å². The summed E-state index contributed by atoms with van der Waals surface area (Å²) >= 11 is 1.72. The third-order valence-electron chi connectivity index (χ3n) is 4.70. The third kappa shape index (κ3) is 2.98. The van der Waals surface area contributed by atoms with E-state index in [4.69, 9.17) is 5.11 Å². The second kappa shape index (κ2) is 6.18. The van der Waals surface area contributed by atoms with Crippen LogP contribution in [0.15, 0.2) is 11.4 Å². The van der Waals surface area contributed by atoms with Gasteiger partial charge in [-0.1, -0.05) is 12.8 Å². The minimum Gasteiger partial charge on any atom is -0.480 e. The molecule has 0 bridgehead atoms. The number of aryl methyl sites for hydroxylation is 1. The summed E-state index contributed by atoms with van der Waals surface area (Å²) in [5.41, 5.74) is 1.14. The Bertz CT molecular complexity index is 533. The minimum absolute atomic E-state index is 0.0312. The van der Waals surface area contributed by atoms with Crippen molar-refractivity contribution in [3.63, 3.8) is 0 Å². The molecule has 1 atom stereocenters. The second-order valence-corrected chi connectivity index (χ2v) is 7.04. The van der Waals surface area contributed by atoms with Crippen LogP contribution in [-0.4, -0.2) is 34.5 Å². The van der Waals surface area contributed by atoms with Crippen LogP contribution < -0.4 is 0 Å². The fourth-order valence-corrected chi connectivity index (χ4v) is 4.68. The molecular weight excluding hydrogens is 286 g/mol. The van der Waals surface area contributed by atoms with E-state index in [1.807, 2.05) is 5.38 Å². The molecule has 3 rings (SSSR count). The standard InChI is InChI=1S/C16H21NO3S/c18-15(19)10-17(11-4-1-2-5-11)16(20)13-6-3-7-14-12(13)8-9-21-14/h8-9,11,13H,1-7,10H2,(H,18,19). The number of carbonyl (C=O) groups is 2. The van der Waals surface area contributed by atoms with Crippen molar-refractivity contribution in [2.75, 3.05) is 6.54 Å². The fourth-order valence-electron chi connectivity index (χ4n) is 3.69. The minimum atomic E-state index is -0.906. The molecule has 0 spiro atoms. The zero-order valence-corrected chi connectivity index (χ0v) is 12.9. The summed E-state index contributed by atoms with van der Waals surface area (Å²) in [5, 5.41) is 11.2. The quantitative estimate of drug-likeness (QED) is 0.930. The van der Waals surface area contributed by atoms with Crippen molar-refractivity contribution in [1.82, 2.24) is 4.90 Å². The Balaban J connectivity index is 1.82. The summed E-state index contributed by atoms with van der Waals surface area (Å²) in [5.74, 6) is -1.000. The highest BCUT2D eigenvalue weighted by Crippen LogP contribution is 2.37. The zero-order chi connectivity index (χ0) is 14.8. The van der Waals surface area contributed by atoms with Crippen LogP contribution in [0.3, 0.4) is 0 Å². The van der Waals surface area contributed by atoms with Gasteiger partial charge in [0.2, 0.25) is 5.91 Å². The molecule has 0 radical (unpaired) electrons. The monoisotopic (exact) mass is 307 g/mol. The van der Waals surface area contributed by atoms with Crippen molar-refractivity contribution in [3.05, 3.63) is 21.9 Å². The van der Waals surface area contributed by atoms with E-state index in [2.05, 4.69) is 6.07 Å². The molecule has 0 aliphatic heterocycles. The molecule has 1 saturated carbocycles. The molecule has 1 aromatic heterocycles. The molecule has 1 aromatic rings. The molecule has 114 valence electrons. The number of carbonyl (C=O) groups excluding carboxylic acids is 1. The average Bonchev–Trinajstić information content (AvgIpc) is 3.13. The smallest absolute Gasteiger partial charge is 0.323 e. The van der Waals surface area contributed by atoms with Crippen LogP contribution in [0.4, 0.5) is 0 Å². The van der Waals surface area contributed by atoms with Gasteiger partial charge in [0, 0.05) is 10.9 Å². The first-order chi connectivity index (χ1) is 10.2. The lowest BCUT2D eigenvalue weighted by Crippen LogP contribution is -2.45. The van der Waals surface area contributed by atoms with Gasteiger partial charge in [0.05, 0.1) is 5.92 Å². The molecule has 1 N–H and O–H groups in total. The van der Waals surface area contributed by atoms with Gasteiger partial charge < -0.3 is 10.0 Å². The van der Waals surface area contributed by atoms with Crippen molar-refractivity contribution < 1.29 is 14.7 Å². The number of nitrogens with zero attached hydrogens (tertiary/aromatic N) is 1. The molecule has 4 nitrogen and oxygen atoms in total. The molecule has 2 aliphatic rings. The molecule has 1 amide bonds. The zero-order valence-electron chi connectivity index (χ0n) is 12.1. The first kappa shape index (κ1) is 14.6. The second-order valence-electron chi connectivity index (χ2n) is 6.04. The summed E-state index contributed by atoms with van der Waals surface area (Å²) < 4.78 is 0. The third-order valence-corrected chi connectivity index (χ3v) is 5.70.